The van der Waals surface area contributed by atoms with E-state index in [1.165, 1.54) is 6.08 Å². The van der Waals surface area contributed by atoms with Crippen molar-refractivity contribution in [3.05, 3.63) is 83.4 Å². The van der Waals surface area contributed by atoms with Gasteiger partial charge in [-0.3, -0.25) is 9.59 Å². The number of amides is 2. The Kier molecular flexibility index (Phi) is 4.43. The van der Waals surface area contributed by atoms with Crippen LogP contribution in [0.2, 0.25) is 0 Å². The van der Waals surface area contributed by atoms with Gasteiger partial charge in [0.15, 0.2) is 0 Å². The summed E-state index contributed by atoms with van der Waals surface area (Å²) in [5.41, 5.74) is 0.214. The highest BCUT2D eigenvalue weighted by Gasteiger charge is 2.63. The van der Waals surface area contributed by atoms with Gasteiger partial charge in [-0.2, -0.15) is 0 Å². The molecule has 0 N–H and O–H groups in total. The van der Waals surface area contributed by atoms with E-state index in [1.54, 1.807) is 30.3 Å². The van der Waals surface area contributed by atoms with E-state index in [0.717, 1.165) is 16.9 Å². The molecule has 0 bridgehead atoms. The lowest BCUT2D eigenvalue weighted by Crippen LogP contribution is -2.43. The highest BCUT2D eigenvalue weighted by molar-refractivity contribution is 6.36. The Labute approximate surface area is 162 Å². The van der Waals surface area contributed by atoms with Crippen LogP contribution in [0.15, 0.2) is 77.9 Å². The van der Waals surface area contributed by atoms with Crippen LogP contribution in [0.1, 0.15) is 25.3 Å². The maximum absolute atomic E-state index is 13.5. The number of carbonyl (C=O) groups excluding carboxylic acids is 3. The molecular formula is C23H19NO4. The second-order valence-corrected chi connectivity index (χ2v) is 6.77. The number of rotatable bonds is 4. The zero-order valence-corrected chi connectivity index (χ0v) is 15.4. The number of nitrogens with zero attached hydrogens (tertiary/aromatic N) is 1. The number of esters is 1. The minimum absolute atomic E-state index is 0.165. The molecule has 1 unspecified atom stereocenters. The molecule has 5 nitrogen and oxygen atoms in total. The minimum Gasteiger partial charge on any atom is -0.436 e. The third-order valence-electron chi connectivity index (χ3n) is 4.96. The molecule has 2 amide bonds. The summed E-state index contributed by atoms with van der Waals surface area (Å²) in [6.07, 6.45) is 4.20. The van der Waals surface area contributed by atoms with Gasteiger partial charge in [0.05, 0.1) is 11.3 Å². The number of hydrogen-bond donors (Lipinski definition) is 0. The fourth-order valence-corrected chi connectivity index (χ4v) is 3.74. The Balaban J connectivity index is 1.92. The maximum atomic E-state index is 13.5. The van der Waals surface area contributed by atoms with Gasteiger partial charge in [-0.15, -0.1) is 0 Å². The van der Waals surface area contributed by atoms with Gasteiger partial charge in [-0.05, 0) is 35.8 Å². The zero-order chi connectivity index (χ0) is 19.7. The normalized spacial score (nSPS) is 22.9. The molecule has 140 valence electrons. The lowest BCUT2D eigenvalue weighted by atomic mass is 9.85. The van der Waals surface area contributed by atoms with Crippen molar-refractivity contribution >= 4 is 29.5 Å². The Morgan fingerprint density at radius 1 is 0.964 bits per heavy atom. The minimum atomic E-state index is -1.68. The summed E-state index contributed by atoms with van der Waals surface area (Å²) in [4.78, 5) is 40.2. The summed E-state index contributed by atoms with van der Waals surface area (Å²) in [7, 11) is 0. The summed E-state index contributed by atoms with van der Waals surface area (Å²) in [6.45, 7) is 1.95. The molecule has 0 radical (unpaired) electrons. The molecule has 1 atom stereocenters. The summed E-state index contributed by atoms with van der Waals surface area (Å²) in [5.74, 6) is -1.62. The molecule has 4 rings (SSSR count). The third kappa shape index (κ3) is 2.67. The van der Waals surface area contributed by atoms with E-state index in [1.807, 2.05) is 43.3 Å². The van der Waals surface area contributed by atoms with Gasteiger partial charge in [-0.25, -0.2) is 9.69 Å². The van der Waals surface area contributed by atoms with Crippen LogP contribution in [-0.4, -0.2) is 23.4 Å². The van der Waals surface area contributed by atoms with E-state index in [4.69, 9.17) is 4.74 Å². The smallest absolute Gasteiger partial charge is 0.332 e. The predicted octanol–water partition coefficient (Wildman–Crippen LogP) is 3.67. The van der Waals surface area contributed by atoms with Crippen molar-refractivity contribution in [1.82, 2.24) is 0 Å². The molecule has 28 heavy (non-hydrogen) atoms. The van der Waals surface area contributed by atoms with E-state index >= 15 is 0 Å². The average Bonchev–Trinajstić information content (AvgIpc) is 3.13. The van der Waals surface area contributed by atoms with E-state index < -0.39 is 23.4 Å². The maximum Gasteiger partial charge on any atom is 0.332 e. The number of carbonyl (C=O) groups is 3. The Morgan fingerprint density at radius 2 is 1.61 bits per heavy atom. The van der Waals surface area contributed by atoms with Gasteiger partial charge in [-0.1, -0.05) is 61.9 Å². The molecule has 2 aromatic rings. The predicted molar refractivity (Wildman–Crippen MR) is 105 cm³/mol. The van der Waals surface area contributed by atoms with Crippen LogP contribution in [0.3, 0.4) is 0 Å². The molecule has 2 aliphatic heterocycles. The van der Waals surface area contributed by atoms with E-state index in [9.17, 15) is 14.4 Å². The first kappa shape index (κ1) is 17.9. The largest absolute Gasteiger partial charge is 0.436 e. The molecule has 0 aromatic heterocycles. The number of hydrogen-bond acceptors (Lipinski definition) is 4. The molecule has 1 fully saturated rings. The standard InChI is InChI=1S/C23H19NO4/c1-2-9-17-15-20(25)28-23(17)19(14-16-10-5-3-6-11-16)21(26)24(22(23)27)18-12-7-4-8-13-18/h3-8,10-15H,2,9H2,1H3/b19-14-. The number of benzene rings is 2. The SMILES string of the molecule is CCCC1=CC(=O)OC12C(=O)N(c1ccccc1)C(=O)/C2=C/c1ccccc1. The van der Waals surface area contributed by atoms with E-state index in [-0.39, 0.29) is 5.57 Å². The quantitative estimate of drug-likeness (QED) is 0.466. The number of para-hydroxylation sites is 1. The number of imide groups is 1. The molecule has 0 aliphatic carbocycles. The molecule has 2 aromatic carbocycles. The van der Waals surface area contributed by atoms with Gasteiger partial charge in [0.2, 0.25) is 5.60 Å². The number of ether oxygens (including phenoxy) is 1. The zero-order valence-electron chi connectivity index (χ0n) is 15.4. The van der Waals surface area contributed by atoms with Crippen molar-refractivity contribution in [3.63, 3.8) is 0 Å². The first-order valence-electron chi connectivity index (χ1n) is 9.23. The van der Waals surface area contributed by atoms with E-state index in [2.05, 4.69) is 0 Å². The monoisotopic (exact) mass is 373 g/mol. The van der Waals surface area contributed by atoms with Gasteiger partial charge in [0, 0.05) is 6.08 Å². The second kappa shape index (κ2) is 6.93. The highest BCUT2D eigenvalue weighted by Crippen LogP contribution is 2.46. The highest BCUT2D eigenvalue weighted by atomic mass is 16.6. The summed E-state index contributed by atoms with van der Waals surface area (Å²) in [5, 5.41) is 0. The van der Waals surface area contributed by atoms with Crippen LogP contribution in [0.5, 0.6) is 0 Å². The van der Waals surface area contributed by atoms with Crippen LogP contribution in [0.25, 0.3) is 6.08 Å². The van der Waals surface area contributed by atoms with Crippen molar-refractivity contribution in [1.29, 1.82) is 0 Å². The Hall–Kier alpha value is -3.47. The van der Waals surface area contributed by atoms with Crippen molar-refractivity contribution < 1.29 is 19.1 Å². The van der Waals surface area contributed by atoms with Crippen LogP contribution in [-0.2, 0) is 19.1 Å². The molecule has 0 saturated carbocycles. The summed E-state index contributed by atoms with van der Waals surface area (Å²) in [6, 6.07) is 17.9. The molecule has 2 aliphatic rings. The summed E-state index contributed by atoms with van der Waals surface area (Å²) >= 11 is 0. The van der Waals surface area contributed by atoms with Gasteiger partial charge in [0.25, 0.3) is 11.8 Å². The molecule has 1 saturated heterocycles. The summed E-state index contributed by atoms with van der Waals surface area (Å²) < 4.78 is 5.58. The van der Waals surface area contributed by atoms with Crippen LogP contribution in [0, 0.1) is 0 Å². The fraction of sp³-hybridized carbons (Fsp3) is 0.174. The molecular weight excluding hydrogens is 354 g/mol. The third-order valence-corrected chi connectivity index (χ3v) is 4.96. The molecule has 2 heterocycles. The first-order chi connectivity index (χ1) is 13.6. The van der Waals surface area contributed by atoms with Crippen molar-refractivity contribution in [2.45, 2.75) is 25.4 Å². The lowest BCUT2D eigenvalue weighted by molar-refractivity contribution is -0.150. The van der Waals surface area contributed by atoms with Crippen molar-refractivity contribution in [2.75, 3.05) is 4.90 Å². The van der Waals surface area contributed by atoms with Crippen molar-refractivity contribution in [3.8, 4) is 0 Å². The Bertz CT molecular complexity index is 1010. The van der Waals surface area contributed by atoms with Crippen LogP contribution < -0.4 is 4.90 Å². The van der Waals surface area contributed by atoms with Crippen LogP contribution in [0.4, 0.5) is 5.69 Å². The van der Waals surface area contributed by atoms with Gasteiger partial charge >= 0.3 is 5.97 Å². The topological polar surface area (TPSA) is 63.7 Å². The van der Waals surface area contributed by atoms with E-state index in [0.29, 0.717) is 17.7 Å². The van der Waals surface area contributed by atoms with Crippen LogP contribution >= 0.6 is 0 Å². The average molecular weight is 373 g/mol. The Morgan fingerprint density at radius 3 is 2.25 bits per heavy atom. The lowest BCUT2D eigenvalue weighted by Gasteiger charge is -2.25. The van der Waals surface area contributed by atoms with Gasteiger partial charge < -0.3 is 4.74 Å². The second-order valence-electron chi connectivity index (χ2n) is 6.77. The van der Waals surface area contributed by atoms with Crippen molar-refractivity contribution in [2.24, 2.45) is 0 Å². The first-order valence-corrected chi connectivity index (χ1v) is 9.23. The number of anilines is 1. The molecule has 1 spiro atoms. The molecule has 5 heteroatoms. The fourth-order valence-electron chi connectivity index (χ4n) is 3.74. The van der Waals surface area contributed by atoms with Gasteiger partial charge in [0.1, 0.15) is 0 Å².